The van der Waals surface area contributed by atoms with Crippen molar-refractivity contribution in [3.05, 3.63) is 71.8 Å². The first-order valence-electron chi connectivity index (χ1n) is 8.41. The molecule has 0 atom stereocenters. The summed E-state index contributed by atoms with van der Waals surface area (Å²) in [5.41, 5.74) is 8.31. The van der Waals surface area contributed by atoms with Crippen LogP contribution in [0.2, 0.25) is 0 Å². The number of rotatable bonds is 8. The second-order valence-electron chi connectivity index (χ2n) is 5.69. The minimum Gasteiger partial charge on any atom is -0.272 e. The van der Waals surface area contributed by atoms with Gasteiger partial charge in [-0.3, -0.25) is 9.59 Å². The van der Waals surface area contributed by atoms with E-state index in [2.05, 4.69) is 21.1 Å². The summed E-state index contributed by atoms with van der Waals surface area (Å²) in [6, 6.07) is 19.2. The van der Waals surface area contributed by atoms with Gasteiger partial charge in [-0.05, 0) is 25.0 Å². The van der Waals surface area contributed by atoms with Gasteiger partial charge in [0, 0.05) is 0 Å². The monoisotopic (exact) mass is 382 g/mol. The van der Waals surface area contributed by atoms with Crippen molar-refractivity contribution in [3.8, 4) is 0 Å². The quantitative estimate of drug-likeness (QED) is 0.544. The minimum atomic E-state index is -0.257. The van der Waals surface area contributed by atoms with Gasteiger partial charge < -0.3 is 0 Å². The van der Waals surface area contributed by atoms with Crippen LogP contribution in [-0.2, 0) is 9.59 Å². The average Bonchev–Trinajstić information content (AvgIpc) is 2.71. The van der Waals surface area contributed by atoms with Crippen LogP contribution in [-0.4, -0.2) is 34.7 Å². The van der Waals surface area contributed by atoms with E-state index < -0.39 is 0 Å². The van der Waals surface area contributed by atoms with Gasteiger partial charge in [-0.25, -0.2) is 10.9 Å². The fourth-order valence-electron chi connectivity index (χ4n) is 2.08. The molecule has 0 radical (unpaired) electrons. The molecule has 0 bridgehead atoms. The first-order valence-corrected chi connectivity index (χ1v) is 9.56. The predicted octanol–water partition coefficient (Wildman–Crippen LogP) is 2.80. The Balaban J connectivity index is 1.69. The highest BCUT2D eigenvalue weighted by Crippen LogP contribution is 2.02. The normalized spacial score (nSPS) is 11.8. The van der Waals surface area contributed by atoms with E-state index >= 15 is 0 Å². The maximum Gasteiger partial charge on any atom is 0.250 e. The number of hydrogen-bond donors (Lipinski definition) is 2. The highest BCUT2D eigenvalue weighted by molar-refractivity contribution is 8.00. The van der Waals surface area contributed by atoms with E-state index in [1.807, 2.05) is 74.5 Å². The van der Waals surface area contributed by atoms with E-state index in [9.17, 15) is 9.59 Å². The standard InChI is InChI=1S/C20H22N4O2S/c1-15(17-9-5-3-6-10-17)21-23-19(25)13-27-14-20(26)24-22-16(2)18-11-7-4-8-12-18/h3-12H,13-14H2,1-2H3,(H,23,25)(H,24,26)/b21-15-,22-16+. The molecule has 0 spiro atoms. The molecule has 0 aliphatic rings. The second kappa shape index (κ2) is 10.9. The second-order valence-corrected chi connectivity index (χ2v) is 6.67. The molecule has 6 nitrogen and oxygen atoms in total. The van der Waals surface area contributed by atoms with Crippen LogP contribution >= 0.6 is 11.8 Å². The molecular weight excluding hydrogens is 360 g/mol. The Morgan fingerprint density at radius 3 is 1.48 bits per heavy atom. The van der Waals surface area contributed by atoms with Crippen LogP contribution in [0.25, 0.3) is 0 Å². The lowest BCUT2D eigenvalue weighted by atomic mass is 10.1. The summed E-state index contributed by atoms with van der Waals surface area (Å²) in [7, 11) is 0. The van der Waals surface area contributed by atoms with E-state index in [1.54, 1.807) is 0 Å². The first-order chi connectivity index (χ1) is 13.1. The van der Waals surface area contributed by atoms with Crippen LogP contribution in [0, 0.1) is 0 Å². The number of thioether (sulfide) groups is 1. The Labute approximate surface area is 163 Å². The van der Waals surface area contributed by atoms with Crippen LogP contribution < -0.4 is 10.9 Å². The number of amides is 2. The molecule has 2 aromatic rings. The molecule has 0 saturated carbocycles. The molecule has 2 amide bonds. The lowest BCUT2D eigenvalue weighted by Crippen LogP contribution is -2.24. The number of hydrogen-bond acceptors (Lipinski definition) is 5. The largest absolute Gasteiger partial charge is 0.272 e. The van der Waals surface area contributed by atoms with Crippen molar-refractivity contribution in [3.63, 3.8) is 0 Å². The van der Waals surface area contributed by atoms with Crippen molar-refractivity contribution in [1.29, 1.82) is 0 Å². The molecular formula is C20H22N4O2S. The van der Waals surface area contributed by atoms with Crippen molar-refractivity contribution in [2.24, 2.45) is 10.2 Å². The van der Waals surface area contributed by atoms with Gasteiger partial charge in [0.15, 0.2) is 0 Å². The number of hydrazone groups is 2. The number of carbonyl (C=O) groups excluding carboxylic acids is 2. The Morgan fingerprint density at radius 1 is 0.741 bits per heavy atom. The summed E-state index contributed by atoms with van der Waals surface area (Å²) < 4.78 is 0. The Hall–Kier alpha value is -2.93. The van der Waals surface area contributed by atoms with E-state index in [-0.39, 0.29) is 23.3 Å². The van der Waals surface area contributed by atoms with Crippen LogP contribution in [0.15, 0.2) is 70.9 Å². The summed E-state index contributed by atoms with van der Waals surface area (Å²) in [5.74, 6) is -0.236. The smallest absolute Gasteiger partial charge is 0.250 e. The van der Waals surface area contributed by atoms with Crippen molar-refractivity contribution in [2.45, 2.75) is 13.8 Å². The molecule has 140 valence electrons. The topological polar surface area (TPSA) is 82.9 Å². The summed E-state index contributed by atoms with van der Waals surface area (Å²) >= 11 is 1.20. The minimum absolute atomic E-state index is 0.139. The number of nitrogens with one attached hydrogen (secondary N) is 2. The summed E-state index contributed by atoms with van der Waals surface area (Å²) in [4.78, 5) is 23.6. The van der Waals surface area contributed by atoms with Gasteiger partial charge in [-0.1, -0.05) is 60.7 Å². The molecule has 7 heteroatoms. The van der Waals surface area contributed by atoms with Crippen molar-refractivity contribution in [2.75, 3.05) is 11.5 Å². The van der Waals surface area contributed by atoms with Crippen molar-refractivity contribution >= 4 is 35.0 Å². The van der Waals surface area contributed by atoms with Gasteiger partial charge in [-0.15, -0.1) is 11.8 Å². The molecule has 0 unspecified atom stereocenters. The van der Waals surface area contributed by atoms with Gasteiger partial charge in [0.2, 0.25) is 11.8 Å². The Kier molecular flexibility index (Phi) is 8.25. The van der Waals surface area contributed by atoms with E-state index in [0.717, 1.165) is 22.6 Å². The summed E-state index contributed by atoms with van der Waals surface area (Å²) in [5, 5.41) is 8.13. The molecule has 2 N–H and O–H groups in total. The van der Waals surface area contributed by atoms with Gasteiger partial charge in [-0.2, -0.15) is 10.2 Å². The van der Waals surface area contributed by atoms with E-state index in [4.69, 9.17) is 0 Å². The van der Waals surface area contributed by atoms with Crippen LogP contribution in [0.5, 0.6) is 0 Å². The lowest BCUT2D eigenvalue weighted by molar-refractivity contribution is -0.118. The SMILES string of the molecule is C/C(=N/NC(=O)CSCC(=O)N/N=C(\C)c1ccccc1)c1ccccc1. The van der Waals surface area contributed by atoms with Gasteiger partial charge >= 0.3 is 0 Å². The fraction of sp³-hybridized carbons (Fsp3) is 0.200. The average molecular weight is 382 g/mol. The van der Waals surface area contributed by atoms with E-state index in [1.165, 1.54) is 11.8 Å². The maximum atomic E-state index is 11.8. The van der Waals surface area contributed by atoms with Crippen LogP contribution in [0.4, 0.5) is 0 Å². The molecule has 0 saturated heterocycles. The molecule has 0 aliphatic heterocycles. The highest BCUT2D eigenvalue weighted by Gasteiger charge is 2.05. The molecule has 27 heavy (non-hydrogen) atoms. The third-order valence-electron chi connectivity index (χ3n) is 3.55. The van der Waals surface area contributed by atoms with Gasteiger partial charge in [0.25, 0.3) is 0 Å². The zero-order valence-electron chi connectivity index (χ0n) is 15.3. The predicted molar refractivity (Wildman–Crippen MR) is 111 cm³/mol. The van der Waals surface area contributed by atoms with Crippen molar-refractivity contribution in [1.82, 2.24) is 10.9 Å². The Bertz CT molecular complexity index is 751. The molecule has 0 heterocycles. The molecule has 2 rings (SSSR count). The zero-order chi connectivity index (χ0) is 19.5. The van der Waals surface area contributed by atoms with Gasteiger partial charge in [0.05, 0.1) is 22.9 Å². The van der Waals surface area contributed by atoms with E-state index in [0.29, 0.717) is 0 Å². The van der Waals surface area contributed by atoms with Crippen molar-refractivity contribution < 1.29 is 9.59 Å². The lowest BCUT2D eigenvalue weighted by Gasteiger charge is -2.04. The summed E-state index contributed by atoms with van der Waals surface area (Å²) in [6.07, 6.45) is 0. The van der Waals surface area contributed by atoms with Crippen LogP contribution in [0.3, 0.4) is 0 Å². The Morgan fingerprint density at radius 2 is 1.11 bits per heavy atom. The fourth-order valence-corrected chi connectivity index (χ4v) is 2.68. The maximum absolute atomic E-state index is 11.8. The zero-order valence-corrected chi connectivity index (χ0v) is 16.1. The number of nitrogens with zero attached hydrogens (tertiary/aromatic N) is 2. The number of benzene rings is 2. The third kappa shape index (κ3) is 7.45. The molecule has 0 aliphatic carbocycles. The molecule has 0 fully saturated rings. The van der Waals surface area contributed by atoms with Crippen LogP contribution in [0.1, 0.15) is 25.0 Å². The van der Waals surface area contributed by atoms with Gasteiger partial charge in [0.1, 0.15) is 0 Å². The highest BCUT2D eigenvalue weighted by atomic mass is 32.2. The molecule has 0 aromatic heterocycles. The molecule has 2 aromatic carbocycles. The third-order valence-corrected chi connectivity index (χ3v) is 4.48. The summed E-state index contributed by atoms with van der Waals surface area (Å²) in [6.45, 7) is 3.65. The number of carbonyl (C=O) groups is 2. The first kappa shape index (κ1) is 20.4.